The third-order valence-corrected chi connectivity index (χ3v) is 4.82. The van der Waals surface area contributed by atoms with Crippen LogP contribution in [0.1, 0.15) is 40.0 Å². The molecule has 4 unspecified atom stereocenters. The molecule has 0 heterocycles. The lowest BCUT2D eigenvalue weighted by atomic mass is 9.96. The highest BCUT2D eigenvalue weighted by Crippen LogP contribution is 2.14. The molecule has 0 spiro atoms. The normalized spacial score (nSPS) is 14.6. The minimum Gasteiger partial charge on any atom is -0.395 e. The zero-order valence-electron chi connectivity index (χ0n) is 20.1. The standard InChI is InChI=1S/C21H40N4O9/c1-13(2)19(31)21(33)20(32)14(3)34-9-5-4-6-15(27)23-11-17(29)25-12-18(30)24-10-16(28)22-7-8-26/h13-14,19-21,26,31-33H,4-12H2,1-3H3,(H,22,28)(H,23,27)(H,24,30)(H,25,29). The van der Waals surface area contributed by atoms with Crippen LogP contribution in [0.2, 0.25) is 0 Å². The molecule has 198 valence electrons. The van der Waals surface area contributed by atoms with Crippen molar-refractivity contribution in [2.75, 3.05) is 39.4 Å². The minimum absolute atomic E-state index is 0.0774. The molecule has 13 nitrogen and oxygen atoms in total. The predicted octanol–water partition coefficient (Wildman–Crippen LogP) is -3.24. The fourth-order valence-corrected chi connectivity index (χ4v) is 2.64. The topological polar surface area (TPSA) is 207 Å². The van der Waals surface area contributed by atoms with Gasteiger partial charge in [-0.2, -0.15) is 0 Å². The molecule has 0 fully saturated rings. The van der Waals surface area contributed by atoms with Crippen molar-refractivity contribution in [3.63, 3.8) is 0 Å². The fraction of sp³-hybridized carbons (Fsp3) is 0.810. The van der Waals surface area contributed by atoms with Crippen molar-refractivity contribution < 1.29 is 44.3 Å². The summed E-state index contributed by atoms with van der Waals surface area (Å²) in [5.74, 6) is -2.19. The third-order valence-electron chi connectivity index (χ3n) is 4.82. The highest BCUT2D eigenvalue weighted by molar-refractivity contribution is 5.89. The van der Waals surface area contributed by atoms with Crippen molar-refractivity contribution in [3.8, 4) is 0 Å². The summed E-state index contributed by atoms with van der Waals surface area (Å²) < 4.78 is 5.45. The van der Waals surface area contributed by atoms with Gasteiger partial charge >= 0.3 is 0 Å². The lowest BCUT2D eigenvalue weighted by molar-refractivity contribution is -0.129. The Labute approximate surface area is 199 Å². The Bertz CT molecular complexity index is 633. The molecule has 8 N–H and O–H groups in total. The van der Waals surface area contributed by atoms with Gasteiger partial charge in [0.1, 0.15) is 12.2 Å². The second-order valence-corrected chi connectivity index (χ2v) is 8.15. The van der Waals surface area contributed by atoms with E-state index in [2.05, 4.69) is 21.3 Å². The first-order valence-corrected chi connectivity index (χ1v) is 11.3. The number of amides is 4. The van der Waals surface area contributed by atoms with Crippen LogP contribution < -0.4 is 21.3 Å². The molecule has 0 aliphatic heterocycles. The number of ether oxygens (including phenoxy) is 1. The molecule has 0 rings (SSSR count). The van der Waals surface area contributed by atoms with Crippen molar-refractivity contribution in [2.45, 2.75) is 64.4 Å². The van der Waals surface area contributed by atoms with Crippen LogP contribution in [0.15, 0.2) is 0 Å². The van der Waals surface area contributed by atoms with E-state index in [0.29, 0.717) is 12.8 Å². The van der Waals surface area contributed by atoms with E-state index >= 15 is 0 Å². The molecule has 0 radical (unpaired) electrons. The smallest absolute Gasteiger partial charge is 0.239 e. The number of nitrogens with one attached hydrogen (secondary N) is 4. The van der Waals surface area contributed by atoms with Gasteiger partial charge in [0.2, 0.25) is 23.6 Å². The Morgan fingerprint density at radius 2 is 1.21 bits per heavy atom. The van der Waals surface area contributed by atoms with Crippen LogP contribution in [0.5, 0.6) is 0 Å². The van der Waals surface area contributed by atoms with E-state index in [9.17, 15) is 34.5 Å². The number of rotatable bonds is 18. The molecule has 13 heteroatoms. The first-order valence-electron chi connectivity index (χ1n) is 11.3. The summed E-state index contributed by atoms with van der Waals surface area (Å²) in [6.07, 6.45) is -3.22. The lowest BCUT2D eigenvalue weighted by Gasteiger charge is -2.29. The number of aliphatic hydroxyl groups is 4. The molecule has 0 aromatic carbocycles. The number of hydrogen-bond acceptors (Lipinski definition) is 9. The second kappa shape index (κ2) is 18.1. The molecule has 0 aliphatic carbocycles. The van der Waals surface area contributed by atoms with E-state index in [1.165, 1.54) is 0 Å². The first-order chi connectivity index (χ1) is 16.0. The molecule has 0 bridgehead atoms. The Balaban J connectivity index is 3.89. The monoisotopic (exact) mass is 492 g/mol. The van der Waals surface area contributed by atoms with E-state index in [1.54, 1.807) is 20.8 Å². The summed E-state index contributed by atoms with van der Waals surface area (Å²) in [6.45, 7) is 4.19. The fourth-order valence-electron chi connectivity index (χ4n) is 2.64. The summed E-state index contributed by atoms with van der Waals surface area (Å²) in [5, 5.41) is 47.8. The van der Waals surface area contributed by atoms with Crippen LogP contribution in [-0.2, 0) is 23.9 Å². The van der Waals surface area contributed by atoms with Gasteiger partial charge in [-0.05, 0) is 25.7 Å². The van der Waals surface area contributed by atoms with Gasteiger partial charge in [0.05, 0.1) is 38.4 Å². The molecule has 34 heavy (non-hydrogen) atoms. The number of hydrogen-bond donors (Lipinski definition) is 8. The molecule has 4 atom stereocenters. The number of carbonyl (C=O) groups is 4. The molecule has 0 aromatic heterocycles. The molecular formula is C21H40N4O9. The Kier molecular flexibility index (Phi) is 16.8. The summed E-state index contributed by atoms with van der Waals surface area (Å²) in [7, 11) is 0. The zero-order valence-corrected chi connectivity index (χ0v) is 20.1. The van der Waals surface area contributed by atoms with E-state index < -0.39 is 42.1 Å². The molecule has 0 saturated heterocycles. The lowest BCUT2D eigenvalue weighted by Crippen LogP contribution is -2.46. The summed E-state index contributed by atoms with van der Waals surface area (Å²) >= 11 is 0. The average Bonchev–Trinajstić information content (AvgIpc) is 2.81. The molecule has 0 aliphatic rings. The van der Waals surface area contributed by atoms with E-state index in [-0.39, 0.29) is 57.6 Å². The van der Waals surface area contributed by atoms with Crippen molar-refractivity contribution in [1.29, 1.82) is 0 Å². The average molecular weight is 493 g/mol. The van der Waals surface area contributed by atoms with Crippen molar-refractivity contribution in [1.82, 2.24) is 21.3 Å². The van der Waals surface area contributed by atoms with Gasteiger partial charge in [-0.3, -0.25) is 19.2 Å². The number of carbonyl (C=O) groups excluding carboxylic acids is 4. The summed E-state index contributed by atoms with van der Waals surface area (Å²) in [5.41, 5.74) is 0. The zero-order chi connectivity index (χ0) is 26.1. The van der Waals surface area contributed by atoms with Crippen molar-refractivity contribution >= 4 is 23.6 Å². The van der Waals surface area contributed by atoms with Crippen LogP contribution in [0.4, 0.5) is 0 Å². The maximum Gasteiger partial charge on any atom is 0.239 e. The minimum atomic E-state index is -1.32. The Morgan fingerprint density at radius 1 is 0.706 bits per heavy atom. The van der Waals surface area contributed by atoms with Crippen LogP contribution >= 0.6 is 0 Å². The van der Waals surface area contributed by atoms with Gasteiger partial charge in [0.15, 0.2) is 0 Å². The molecule has 4 amide bonds. The van der Waals surface area contributed by atoms with E-state index in [1.807, 2.05) is 0 Å². The van der Waals surface area contributed by atoms with Gasteiger partial charge < -0.3 is 46.4 Å². The van der Waals surface area contributed by atoms with Gasteiger partial charge in [-0.15, -0.1) is 0 Å². The van der Waals surface area contributed by atoms with Crippen LogP contribution in [0.3, 0.4) is 0 Å². The second-order valence-electron chi connectivity index (χ2n) is 8.15. The highest BCUT2D eigenvalue weighted by Gasteiger charge is 2.31. The summed E-state index contributed by atoms with van der Waals surface area (Å²) in [4.78, 5) is 46.3. The van der Waals surface area contributed by atoms with Gasteiger partial charge in [-0.1, -0.05) is 13.8 Å². The first kappa shape index (κ1) is 31.7. The Morgan fingerprint density at radius 3 is 1.71 bits per heavy atom. The van der Waals surface area contributed by atoms with Gasteiger partial charge in [0, 0.05) is 19.6 Å². The highest BCUT2D eigenvalue weighted by atomic mass is 16.5. The van der Waals surface area contributed by atoms with Crippen molar-refractivity contribution in [2.24, 2.45) is 5.92 Å². The van der Waals surface area contributed by atoms with Crippen LogP contribution in [0.25, 0.3) is 0 Å². The van der Waals surface area contributed by atoms with Crippen LogP contribution in [-0.4, -0.2) is 108 Å². The Hall–Kier alpha value is -2.32. The van der Waals surface area contributed by atoms with E-state index in [0.717, 1.165) is 0 Å². The quantitative estimate of drug-likeness (QED) is 0.0903. The largest absolute Gasteiger partial charge is 0.395 e. The maximum atomic E-state index is 11.8. The SMILES string of the molecule is CC(C)C(O)C(O)C(O)C(C)OCCCCC(=O)NCC(=O)NCC(=O)NCC(=O)NCCO. The van der Waals surface area contributed by atoms with Gasteiger partial charge in [0.25, 0.3) is 0 Å². The maximum absolute atomic E-state index is 11.8. The summed E-state index contributed by atoms with van der Waals surface area (Å²) in [6, 6.07) is 0. The van der Waals surface area contributed by atoms with Gasteiger partial charge in [-0.25, -0.2) is 0 Å². The van der Waals surface area contributed by atoms with E-state index in [4.69, 9.17) is 9.84 Å². The number of unbranched alkanes of at least 4 members (excludes halogenated alkanes) is 1. The molecular weight excluding hydrogens is 452 g/mol. The predicted molar refractivity (Wildman–Crippen MR) is 121 cm³/mol. The van der Waals surface area contributed by atoms with Crippen molar-refractivity contribution in [3.05, 3.63) is 0 Å². The number of aliphatic hydroxyl groups excluding tert-OH is 4. The van der Waals surface area contributed by atoms with Crippen LogP contribution in [0, 0.1) is 5.92 Å². The molecule has 0 aromatic rings. The third kappa shape index (κ3) is 14.8. The molecule has 0 saturated carbocycles.